The third kappa shape index (κ3) is 4.53. The van der Waals surface area contributed by atoms with E-state index in [1.54, 1.807) is 13.0 Å². The summed E-state index contributed by atoms with van der Waals surface area (Å²) in [6.45, 7) is 1.80. The van der Waals surface area contributed by atoms with E-state index in [0.717, 1.165) is 0 Å². The van der Waals surface area contributed by atoms with Gasteiger partial charge in [-0.25, -0.2) is 0 Å². The zero-order valence-electron chi connectivity index (χ0n) is 10.8. The summed E-state index contributed by atoms with van der Waals surface area (Å²) in [5.41, 5.74) is 6.44. The maximum atomic E-state index is 11.8. The molecule has 1 aromatic rings. The van der Waals surface area contributed by atoms with Crippen LogP contribution in [0.25, 0.3) is 0 Å². The summed E-state index contributed by atoms with van der Waals surface area (Å²) in [6, 6.07) is 3.48. The lowest BCUT2D eigenvalue weighted by molar-refractivity contribution is -0.122. The van der Waals surface area contributed by atoms with Crippen LogP contribution in [0.4, 0.5) is 0 Å². The number of amides is 1. The van der Waals surface area contributed by atoms with Gasteiger partial charge in [0.1, 0.15) is 0 Å². The van der Waals surface area contributed by atoms with Gasteiger partial charge in [0.05, 0.1) is 6.04 Å². The highest BCUT2D eigenvalue weighted by atomic mass is 16.3. The van der Waals surface area contributed by atoms with Crippen LogP contribution in [0.3, 0.4) is 0 Å². The Bertz CT molecular complexity index is 494. The van der Waals surface area contributed by atoms with Gasteiger partial charge in [-0.15, -0.1) is 12.3 Å². The van der Waals surface area contributed by atoms with Crippen molar-refractivity contribution in [3.8, 4) is 23.8 Å². The molecule has 1 amide bonds. The molecule has 5 nitrogen and oxygen atoms in total. The molecule has 0 saturated carbocycles. The van der Waals surface area contributed by atoms with Crippen LogP contribution < -0.4 is 11.1 Å². The Kier molecular flexibility index (Phi) is 5.22. The van der Waals surface area contributed by atoms with Crippen molar-refractivity contribution in [2.45, 2.75) is 31.8 Å². The Balaban J connectivity index is 2.59. The van der Waals surface area contributed by atoms with Gasteiger partial charge in [-0.2, -0.15) is 0 Å². The number of terminal acetylenes is 1. The first-order valence-corrected chi connectivity index (χ1v) is 5.94. The summed E-state index contributed by atoms with van der Waals surface area (Å²) in [5, 5.41) is 21.2. The molecule has 102 valence electrons. The van der Waals surface area contributed by atoms with Crippen molar-refractivity contribution >= 4 is 5.91 Å². The maximum Gasteiger partial charge on any atom is 0.237 e. The molecule has 0 bridgehead atoms. The quantitative estimate of drug-likeness (QED) is 0.459. The molecule has 19 heavy (non-hydrogen) atoms. The van der Waals surface area contributed by atoms with Crippen LogP contribution in [0.5, 0.6) is 11.5 Å². The normalized spacial score (nSPS) is 13.3. The number of carbonyl (C=O) groups excluding carboxylic acids is 1. The minimum Gasteiger partial charge on any atom is -0.504 e. The molecule has 0 spiro atoms. The Labute approximate surface area is 112 Å². The second kappa shape index (κ2) is 6.66. The molecule has 0 fully saturated rings. The Morgan fingerprint density at radius 1 is 1.47 bits per heavy atom. The zero-order chi connectivity index (χ0) is 14.4. The summed E-state index contributed by atoms with van der Waals surface area (Å²) in [6.07, 6.45) is 5.86. The molecule has 1 rings (SSSR count). The number of nitrogens with two attached hydrogens (primary N) is 1. The van der Waals surface area contributed by atoms with E-state index in [0.29, 0.717) is 12.0 Å². The number of nitrogens with one attached hydrogen (secondary N) is 1. The second-order valence-electron chi connectivity index (χ2n) is 4.45. The molecular formula is C14H18N2O3. The summed E-state index contributed by atoms with van der Waals surface area (Å²) >= 11 is 0. The fourth-order valence-electron chi connectivity index (χ4n) is 1.62. The lowest BCUT2D eigenvalue weighted by Crippen LogP contribution is -2.45. The van der Waals surface area contributed by atoms with Crippen molar-refractivity contribution in [1.82, 2.24) is 5.32 Å². The lowest BCUT2D eigenvalue weighted by atomic mass is 10.0. The van der Waals surface area contributed by atoms with Crippen LogP contribution in [-0.2, 0) is 11.2 Å². The Hall–Kier alpha value is -2.19. The van der Waals surface area contributed by atoms with E-state index in [9.17, 15) is 15.0 Å². The highest BCUT2D eigenvalue weighted by molar-refractivity contribution is 5.82. The van der Waals surface area contributed by atoms with Gasteiger partial charge in [0.2, 0.25) is 5.91 Å². The first kappa shape index (κ1) is 14.9. The molecule has 1 unspecified atom stereocenters. The summed E-state index contributed by atoms with van der Waals surface area (Å²) < 4.78 is 0. The van der Waals surface area contributed by atoms with E-state index in [2.05, 4.69) is 11.2 Å². The number of carbonyl (C=O) groups is 1. The molecule has 0 saturated heterocycles. The third-order valence-corrected chi connectivity index (χ3v) is 2.64. The van der Waals surface area contributed by atoms with Gasteiger partial charge in [-0.3, -0.25) is 4.79 Å². The molecular weight excluding hydrogens is 244 g/mol. The monoisotopic (exact) mass is 262 g/mol. The number of phenols is 2. The van der Waals surface area contributed by atoms with Crippen molar-refractivity contribution in [2.75, 3.05) is 0 Å². The third-order valence-electron chi connectivity index (χ3n) is 2.64. The van der Waals surface area contributed by atoms with Gasteiger partial charge in [0.25, 0.3) is 0 Å². The number of phenolic OH excluding ortho intramolecular Hbond substituents is 2. The fraction of sp³-hybridized carbons (Fsp3) is 0.357. The van der Waals surface area contributed by atoms with Crippen molar-refractivity contribution in [3.63, 3.8) is 0 Å². The fourth-order valence-corrected chi connectivity index (χ4v) is 1.62. The van der Waals surface area contributed by atoms with Gasteiger partial charge in [-0.05, 0) is 31.0 Å². The average molecular weight is 262 g/mol. The number of rotatable bonds is 5. The number of benzene rings is 1. The smallest absolute Gasteiger partial charge is 0.237 e. The molecule has 1 aromatic carbocycles. The van der Waals surface area contributed by atoms with Crippen molar-refractivity contribution in [3.05, 3.63) is 23.8 Å². The molecule has 0 heterocycles. The molecule has 0 aromatic heterocycles. The highest BCUT2D eigenvalue weighted by Gasteiger charge is 2.16. The first-order chi connectivity index (χ1) is 8.93. The molecule has 0 aliphatic heterocycles. The van der Waals surface area contributed by atoms with Gasteiger partial charge in [0, 0.05) is 12.5 Å². The summed E-state index contributed by atoms with van der Waals surface area (Å²) in [4.78, 5) is 11.8. The standard InChI is InChI=1S/C14H18N2O3/c1-3-4-9(2)16-14(19)11(15)7-10-5-6-12(17)13(18)8-10/h1,5-6,8-9,11,17-18H,4,7,15H2,2H3,(H,16,19)/t9?,11-/m0/s1. The Morgan fingerprint density at radius 3 is 2.74 bits per heavy atom. The minimum atomic E-state index is -0.732. The number of hydrogen-bond donors (Lipinski definition) is 4. The molecule has 0 aliphatic rings. The van der Waals surface area contributed by atoms with Crippen LogP contribution in [0.1, 0.15) is 18.9 Å². The van der Waals surface area contributed by atoms with E-state index in [1.807, 2.05) is 0 Å². The van der Waals surface area contributed by atoms with Gasteiger partial charge < -0.3 is 21.3 Å². The van der Waals surface area contributed by atoms with Crippen molar-refractivity contribution in [2.24, 2.45) is 5.73 Å². The highest BCUT2D eigenvalue weighted by Crippen LogP contribution is 2.25. The number of hydrogen-bond acceptors (Lipinski definition) is 4. The first-order valence-electron chi connectivity index (χ1n) is 5.94. The van der Waals surface area contributed by atoms with Gasteiger partial charge in [-0.1, -0.05) is 6.07 Å². The van der Waals surface area contributed by atoms with E-state index in [4.69, 9.17) is 12.2 Å². The molecule has 0 radical (unpaired) electrons. The second-order valence-corrected chi connectivity index (χ2v) is 4.45. The number of aromatic hydroxyl groups is 2. The van der Waals surface area contributed by atoms with E-state index in [1.165, 1.54) is 12.1 Å². The van der Waals surface area contributed by atoms with Crippen LogP contribution in [0.2, 0.25) is 0 Å². The van der Waals surface area contributed by atoms with Crippen LogP contribution in [0, 0.1) is 12.3 Å². The van der Waals surface area contributed by atoms with Crippen LogP contribution in [0.15, 0.2) is 18.2 Å². The van der Waals surface area contributed by atoms with Gasteiger partial charge >= 0.3 is 0 Å². The van der Waals surface area contributed by atoms with Crippen molar-refractivity contribution < 1.29 is 15.0 Å². The van der Waals surface area contributed by atoms with Gasteiger partial charge in [0.15, 0.2) is 11.5 Å². The SMILES string of the molecule is C#CCC(C)NC(=O)[C@@H](N)Cc1ccc(O)c(O)c1. The van der Waals surface area contributed by atoms with Crippen LogP contribution in [-0.4, -0.2) is 28.2 Å². The van der Waals surface area contributed by atoms with Crippen LogP contribution >= 0.6 is 0 Å². The molecule has 5 N–H and O–H groups in total. The van der Waals surface area contributed by atoms with Crippen molar-refractivity contribution in [1.29, 1.82) is 0 Å². The maximum absolute atomic E-state index is 11.8. The minimum absolute atomic E-state index is 0.128. The predicted molar refractivity (Wildman–Crippen MR) is 72.5 cm³/mol. The molecule has 5 heteroatoms. The van der Waals surface area contributed by atoms with E-state index < -0.39 is 6.04 Å². The molecule has 0 aliphatic carbocycles. The zero-order valence-corrected chi connectivity index (χ0v) is 10.8. The summed E-state index contributed by atoms with van der Waals surface area (Å²) in [7, 11) is 0. The topological polar surface area (TPSA) is 95.6 Å². The van der Waals surface area contributed by atoms with E-state index >= 15 is 0 Å². The average Bonchev–Trinajstić information content (AvgIpc) is 2.34. The van der Waals surface area contributed by atoms with E-state index in [-0.39, 0.29) is 29.9 Å². The summed E-state index contributed by atoms with van der Waals surface area (Å²) in [5.74, 6) is 1.73. The predicted octanol–water partition coefficient (Wildman–Crippen LogP) is 0.496. The largest absolute Gasteiger partial charge is 0.504 e. The Morgan fingerprint density at radius 2 is 2.16 bits per heavy atom. The molecule has 2 atom stereocenters. The lowest BCUT2D eigenvalue weighted by Gasteiger charge is -2.16.